The van der Waals surface area contributed by atoms with E-state index in [1.54, 1.807) is 18.3 Å². The Kier molecular flexibility index (Phi) is 2.06. The summed E-state index contributed by atoms with van der Waals surface area (Å²) in [4.78, 5) is 5.95. The number of hydrogen-bond acceptors (Lipinski definition) is 4. The van der Waals surface area contributed by atoms with Crippen LogP contribution >= 0.6 is 0 Å². The van der Waals surface area contributed by atoms with E-state index in [1.165, 1.54) is 0 Å². The molecular formula is C9H12N2O2. The molecule has 2 rings (SSSR count). The lowest BCUT2D eigenvalue weighted by Crippen LogP contribution is -2.22. The van der Waals surface area contributed by atoms with Gasteiger partial charge in [0.25, 0.3) is 0 Å². The van der Waals surface area contributed by atoms with E-state index in [2.05, 4.69) is 4.98 Å². The van der Waals surface area contributed by atoms with Crippen LogP contribution in [0.4, 0.5) is 5.82 Å². The van der Waals surface area contributed by atoms with Crippen LogP contribution in [0.5, 0.6) is 5.75 Å². The summed E-state index contributed by atoms with van der Waals surface area (Å²) in [6.07, 6.45) is 2.09. The van der Waals surface area contributed by atoms with Crippen LogP contribution in [0, 0.1) is 0 Å². The van der Waals surface area contributed by atoms with Gasteiger partial charge in [0.1, 0.15) is 0 Å². The SMILES string of the molecule is Oc1cccnc1N1CCC(O)C1. The van der Waals surface area contributed by atoms with Crippen molar-refractivity contribution >= 4 is 5.82 Å². The molecular weight excluding hydrogens is 168 g/mol. The van der Waals surface area contributed by atoms with Crippen LogP contribution in [0.3, 0.4) is 0 Å². The molecule has 1 aliphatic rings. The highest BCUT2D eigenvalue weighted by molar-refractivity contribution is 5.51. The predicted molar refractivity (Wildman–Crippen MR) is 48.7 cm³/mol. The second kappa shape index (κ2) is 3.22. The van der Waals surface area contributed by atoms with Crippen molar-refractivity contribution < 1.29 is 10.2 Å². The van der Waals surface area contributed by atoms with Crippen LogP contribution in [0.15, 0.2) is 18.3 Å². The molecule has 0 aliphatic carbocycles. The first-order chi connectivity index (χ1) is 6.27. The van der Waals surface area contributed by atoms with E-state index in [4.69, 9.17) is 0 Å². The number of aromatic nitrogens is 1. The van der Waals surface area contributed by atoms with Crippen LogP contribution in [-0.2, 0) is 0 Å². The van der Waals surface area contributed by atoms with E-state index in [9.17, 15) is 10.2 Å². The van der Waals surface area contributed by atoms with Crippen molar-refractivity contribution in [2.45, 2.75) is 12.5 Å². The quantitative estimate of drug-likeness (QED) is 0.655. The molecule has 0 amide bonds. The smallest absolute Gasteiger partial charge is 0.171 e. The maximum Gasteiger partial charge on any atom is 0.171 e. The zero-order valence-electron chi connectivity index (χ0n) is 7.22. The van der Waals surface area contributed by atoms with Gasteiger partial charge in [-0.2, -0.15) is 0 Å². The molecule has 2 N–H and O–H groups in total. The molecule has 1 aliphatic heterocycles. The predicted octanol–water partition coefficient (Wildman–Crippen LogP) is 0.358. The van der Waals surface area contributed by atoms with E-state index in [-0.39, 0.29) is 11.9 Å². The fourth-order valence-electron chi connectivity index (χ4n) is 1.57. The molecule has 1 aromatic heterocycles. The molecule has 1 saturated heterocycles. The van der Waals surface area contributed by atoms with Gasteiger partial charge in [0.05, 0.1) is 6.10 Å². The molecule has 0 radical (unpaired) electrons. The highest BCUT2D eigenvalue weighted by Gasteiger charge is 2.22. The van der Waals surface area contributed by atoms with Gasteiger partial charge in [-0.3, -0.25) is 0 Å². The Balaban J connectivity index is 2.21. The molecule has 1 fully saturated rings. The van der Waals surface area contributed by atoms with Crippen molar-refractivity contribution in [1.29, 1.82) is 0 Å². The van der Waals surface area contributed by atoms with Gasteiger partial charge in [-0.1, -0.05) is 0 Å². The minimum atomic E-state index is -0.290. The fourth-order valence-corrected chi connectivity index (χ4v) is 1.57. The molecule has 1 atom stereocenters. The molecule has 2 heterocycles. The third-order valence-electron chi connectivity index (χ3n) is 2.23. The summed E-state index contributed by atoms with van der Waals surface area (Å²) >= 11 is 0. The van der Waals surface area contributed by atoms with Gasteiger partial charge in [-0.05, 0) is 18.6 Å². The van der Waals surface area contributed by atoms with Gasteiger partial charge < -0.3 is 15.1 Å². The number of aromatic hydroxyl groups is 1. The average molecular weight is 180 g/mol. The number of pyridine rings is 1. The number of aliphatic hydroxyl groups is 1. The number of hydrogen-bond donors (Lipinski definition) is 2. The molecule has 70 valence electrons. The Morgan fingerprint density at radius 1 is 1.54 bits per heavy atom. The first-order valence-corrected chi connectivity index (χ1v) is 4.34. The summed E-state index contributed by atoms with van der Waals surface area (Å²) in [5.74, 6) is 0.746. The molecule has 0 spiro atoms. The summed E-state index contributed by atoms with van der Waals surface area (Å²) < 4.78 is 0. The molecule has 4 heteroatoms. The largest absolute Gasteiger partial charge is 0.504 e. The van der Waals surface area contributed by atoms with E-state index in [1.807, 2.05) is 4.90 Å². The lowest BCUT2D eigenvalue weighted by Gasteiger charge is -2.16. The van der Waals surface area contributed by atoms with Crippen LogP contribution in [0.25, 0.3) is 0 Å². The zero-order chi connectivity index (χ0) is 9.26. The number of β-amino-alcohol motifs (C(OH)–C–C–N with tert-alkyl or cyclic N) is 1. The first kappa shape index (κ1) is 8.31. The second-order valence-corrected chi connectivity index (χ2v) is 3.23. The maximum absolute atomic E-state index is 9.47. The summed E-state index contributed by atoms with van der Waals surface area (Å²) in [6, 6.07) is 3.29. The van der Waals surface area contributed by atoms with Gasteiger partial charge in [-0.25, -0.2) is 4.98 Å². The maximum atomic E-state index is 9.47. The Bertz CT molecular complexity index is 303. The minimum absolute atomic E-state index is 0.177. The highest BCUT2D eigenvalue weighted by Crippen LogP contribution is 2.26. The molecule has 13 heavy (non-hydrogen) atoms. The molecule has 0 aromatic carbocycles. The first-order valence-electron chi connectivity index (χ1n) is 4.34. The lowest BCUT2D eigenvalue weighted by molar-refractivity contribution is 0.198. The van der Waals surface area contributed by atoms with Crippen molar-refractivity contribution in [3.05, 3.63) is 18.3 Å². The Hall–Kier alpha value is -1.29. The fraction of sp³-hybridized carbons (Fsp3) is 0.444. The van der Waals surface area contributed by atoms with Crippen LogP contribution < -0.4 is 4.90 Å². The van der Waals surface area contributed by atoms with E-state index >= 15 is 0 Å². The van der Waals surface area contributed by atoms with E-state index < -0.39 is 0 Å². The van der Waals surface area contributed by atoms with Gasteiger partial charge in [0.15, 0.2) is 11.6 Å². The third kappa shape index (κ3) is 1.58. The summed E-state index contributed by atoms with van der Waals surface area (Å²) in [6.45, 7) is 1.32. The number of rotatable bonds is 1. The Morgan fingerprint density at radius 3 is 3.00 bits per heavy atom. The van der Waals surface area contributed by atoms with Crippen LogP contribution in [-0.4, -0.2) is 34.4 Å². The summed E-state index contributed by atoms with van der Waals surface area (Å²) in [5, 5.41) is 18.8. The molecule has 0 bridgehead atoms. The van der Waals surface area contributed by atoms with Crippen molar-refractivity contribution in [1.82, 2.24) is 4.98 Å². The normalized spacial score (nSPS) is 22.2. The summed E-state index contributed by atoms with van der Waals surface area (Å²) in [5.41, 5.74) is 0. The van der Waals surface area contributed by atoms with Crippen LogP contribution in [0.2, 0.25) is 0 Å². The lowest BCUT2D eigenvalue weighted by atomic mass is 10.3. The molecule has 1 aromatic rings. The minimum Gasteiger partial charge on any atom is -0.504 e. The van der Waals surface area contributed by atoms with Crippen molar-refractivity contribution in [2.24, 2.45) is 0 Å². The Morgan fingerprint density at radius 2 is 2.38 bits per heavy atom. The van der Waals surface area contributed by atoms with Gasteiger partial charge in [0, 0.05) is 19.3 Å². The topological polar surface area (TPSA) is 56.6 Å². The Labute approximate surface area is 76.5 Å². The standard InChI is InChI=1S/C9H12N2O2/c12-7-3-5-11(6-7)9-8(13)2-1-4-10-9/h1-2,4,7,12-13H,3,5-6H2. The summed E-state index contributed by atoms with van der Waals surface area (Å²) in [7, 11) is 0. The molecule has 4 nitrogen and oxygen atoms in total. The average Bonchev–Trinajstić information content (AvgIpc) is 2.53. The molecule has 1 unspecified atom stereocenters. The monoisotopic (exact) mass is 180 g/mol. The zero-order valence-corrected chi connectivity index (χ0v) is 7.22. The van der Waals surface area contributed by atoms with Gasteiger partial charge in [-0.15, -0.1) is 0 Å². The number of nitrogens with zero attached hydrogens (tertiary/aromatic N) is 2. The van der Waals surface area contributed by atoms with Crippen molar-refractivity contribution in [3.63, 3.8) is 0 Å². The highest BCUT2D eigenvalue weighted by atomic mass is 16.3. The van der Waals surface area contributed by atoms with Gasteiger partial charge in [0.2, 0.25) is 0 Å². The van der Waals surface area contributed by atoms with Crippen molar-refractivity contribution in [2.75, 3.05) is 18.0 Å². The molecule has 0 saturated carbocycles. The van der Waals surface area contributed by atoms with Gasteiger partial charge >= 0.3 is 0 Å². The van der Waals surface area contributed by atoms with E-state index in [0.717, 1.165) is 13.0 Å². The van der Waals surface area contributed by atoms with Crippen LogP contribution in [0.1, 0.15) is 6.42 Å². The third-order valence-corrected chi connectivity index (χ3v) is 2.23. The van der Waals surface area contributed by atoms with E-state index in [0.29, 0.717) is 12.4 Å². The second-order valence-electron chi connectivity index (χ2n) is 3.23. The van der Waals surface area contributed by atoms with Crippen molar-refractivity contribution in [3.8, 4) is 5.75 Å². The number of aliphatic hydroxyl groups excluding tert-OH is 1. The number of anilines is 1.